The van der Waals surface area contributed by atoms with Crippen molar-refractivity contribution >= 4 is 17.2 Å². The van der Waals surface area contributed by atoms with Crippen LogP contribution >= 0.6 is 11.3 Å². The van der Waals surface area contributed by atoms with E-state index in [0.29, 0.717) is 6.54 Å². The fourth-order valence-electron chi connectivity index (χ4n) is 2.45. The molecule has 2 rings (SSSR count). The summed E-state index contributed by atoms with van der Waals surface area (Å²) in [7, 11) is 0. The molecule has 0 aliphatic carbocycles. The largest absolute Gasteiger partial charge is 0.347 e. The van der Waals surface area contributed by atoms with Gasteiger partial charge in [-0.25, -0.2) is 4.98 Å². The van der Waals surface area contributed by atoms with Gasteiger partial charge in [0.25, 0.3) is 0 Å². The molecule has 1 saturated heterocycles. The number of nitrogens with zero attached hydrogens (tertiary/aromatic N) is 2. The Morgan fingerprint density at radius 1 is 1.44 bits per heavy atom. The number of rotatable bonds is 4. The van der Waals surface area contributed by atoms with Gasteiger partial charge < -0.3 is 5.32 Å². The van der Waals surface area contributed by atoms with Crippen molar-refractivity contribution in [1.29, 1.82) is 0 Å². The minimum atomic E-state index is 0.00468. The van der Waals surface area contributed by atoms with E-state index in [1.54, 1.807) is 11.3 Å². The van der Waals surface area contributed by atoms with Gasteiger partial charge in [-0.1, -0.05) is 0 Å². The molecule has 1 fully saturated rings. The second-order valence-corrected chi connectivity index (χ2v) is 6.35. The van der Waals surface area contributed by atoms with Crippen LogP contribution in [0.4, 0.5) is 0 Å². The fourth-order valence-corrected chi connectivity index (χ4v) is 3.36. The first kappa shape index (κ1) is 13.5. The van der Waals surface area contributed by atoms with Crippen LogP contribution in [0, 0.1) is 13.8 Å². The molecule has 100 valence electrons. The molecular weight excluding hydrogens is 246 g/mol. The van der Waals surface area contributed by atoms with E-state index in [0.717, 1.165) is 23.8 Å². The smallest absolute Gasteiger partial charge is 0.234 e. The average molecular weight is 267 g/mol. The third-order valence-corrected chi connectivity index (χ3v) is 4.19. The number of carbonyl (C=O) groups is 1. The maximum absolute atomic E-state index is 11.9. The SMILES string of the molecule is Cc1nc([C@@H](C)NC(=O)CN2CCCC2)c(C)s1. The molecule has 1 aliphatic rings. The highest BCUT2D eigenvalue weighted by Gasteiger charge is 2.19. The van der Waals surface area contributed by atoms with Crippen molar-refractivity contribution in [1.82, 2.24) is 15.2 Å². The Morgan fingerprint density at radius 2 is 2.11 bits per heavy atom. The third-order valence-electron chi connectivity index (χ3n) is 3.29. The van der Waals surface area contributed by atoms with Crippen LogP contribution in [0.3, 0.4) is 0 Å². The highest BCUT2D eigenvalue weighted by atomic mass is 32.1. The lowest BCUT2D eigenvalue weighted by Gasteiger charge is -2.17. The molecule has 0 bridgehead atoms. The molecular formula is C13H21N3OS. The summed E-state index contributed by atoms with van der Waals surface area (Å²) in [5, 5.41) is 4.10. The van der Waals surface area contributed by atoms with E-state index >= 15 is 0 Å². The highest BCUT2D eigenvalue weighted by molar-refractivity contribution is 7.11. The van der Waals surface area contributed by atoms with E-state index in [1.807, 2.05) is 13.8 Å². The number of aromatic nitrogens is 1. The predicted octanol–water partition coefficient (Wildman–Crippen LogP) is 2.03. The fraction of sp³-hybridized carbons (Fsp3) is 0.692. The number of aryl methyl sites for hydroxylation is 2. The topological polar surface area (TPSA) is 45.2 Å². The van der Waals surface area contributed by atoms with E-state index in [4.69, 9.17) is 0 Å². The predicted molar refractivity (Wildman–Crippen MR) is 73.8 cm³/mol. The zero-order valence-corrected chi connectivity index (χ0v) is 12.1. The van der Waals surface area contributed by atoms with Gasteiger partial charge in [0.05, 0.1) is 23.3 Å². The van der Waals surface area contributed by atoms with Crippen molar-refractivity contribution in [3.63, 3.8) is 0 Å². The second kappa shape index (κ2) is 5.80. The molecule has 0 saturated carbocycles. The maximum Gasteiger partial charge on any atom is 0.234 e. The van der Waals surface area contributed by atoms with Crippen LogP contribution in [0.1, 0.15) is 41.4 Å². The number of likely N-dealkylation sites (tertiary alicyclic amines) is 1. The van der Waals surface area contributed by atoms with Crippen LogP contribution in [0.5, 0.6) is 0 Å². The molecule has 1 aromatic rings. The number of hydrogen-bond acceptors (Lipinski definition) is 4. The molecule has 2 heterocycles. The van der Waals surface area contributed by atoms with Gasteiger partial charge in [0.1, 0.15) is 0 Å². The summed E-state index contributed by atoms with van der Waals surface area (Å²) in [6.45, 7) is 8.69. The van der Waals surface area contributed by atoms with Gasteiger partial charge in [-0.3, -0.25) is 9.69 Å². The van der Waals surface area contributed by atoms with Gasteiger partial charge in [-0.15, -0.1) is 11.3 Å². The molecule has 1 atom stereocenters. The van der Waals surface area contributed by atoms with Crippen molar-refractivity contribution < 1.29 is 4.79 Å². The summed E-state index contributed by atoms with van der Waals surface area (Å²) in [6.07, 6.45) is 2.43. The van der Waals surface area contributed by atoms with Crippen LogP contribution < -0.4 is 5.32 Å². The zero-order chi connectivity index (χ0) is 13.1. The quantitative estimate of drug-likeness (QED) is 0.908. The Labute approximate surface area is 112 Å². The van der Waals surface area contributed by atoms with Crippen molar-refractivity contribution in [2.24, 2.45) is 0 Å². The van der Waals surface area contributed by atoms with Crippen molar-refractivity contribution in [3.8, 4) is 0 Å². The molecule has 5 heteroatoms. The molecule has 0 unspecified atom stereocenters. The van der Waals surface area contributed by atoms with E-state index in [2.05, 4.69) is 22.1 Å². The summed E-state index contributed by atoms with van der Waals surface area (Å²) in [5.74, 6) is 0.106. The minimum absolute atomic E-state index is 0.00468. The standard InChI is InChI=1S/C13H21N3OS/c1-9(13-10(2)18-11(3)15-13)14-12(17)8-16-6-4-5-7-16/h9H,4-8H2,1-3H3,(H,14,17)/t9-/m1/s1. The van der Waals surface area contributed by atoms with Crippen molar-refractivity contribution in [2.75, 3.05) is 19.6 Å². The average Bonchev–Trinajstić information content (AvgIpc) is 2.88. The van der Waals surface area contributed by atoms with Gasteiger partial charge in [0.2, 0.25) is 5.91 Å². The molecule has 18 heavy (non-hydrogen) atoms. The van der Waals surface area contributed by atoms with Gasteiger partial charge in [0.15, 0.2) is 0 Å². The number of thiazole rings is 1. The number of amides is 1. The molecule has 1 N–H and O–H groups in total. The molecule has 4 nitrogen and oxygen atoms in total. The number of carbonyl (C=O) groups excluding carboxylic acids is 1. The first-order valence-electron chi connectivity index (χ1n) is 6.52. The summed E-state index contributed by atoms with van der Waals surface area (Å²) in [5.41, 5.74) is 1.01. The first-order chi connectivity index (χ1) is 8.56. The highest BCUT2D eigenvalue weighted by Crippen LogP contribution is 2.22. The van der Waals surface area contributed by atoms with Gasteiger partial charge in [0, 0.05) is 4.88 Å². The van der Waals surface area contributed by atoms with E-state index in [9.17, 15) is 4.79 Å². The Bertz CT molecular complexity index is 424. The minimum Gasteiger partial charge on any atom is -0.347 e. The van der Waals surface area contributed by atoms with Crippen molar-refractivity contribution in [2.45, 2.75) is 39.7 Å². The summed E-state index contributed by atoms with van der Waals surface area (Å²) < 4.78 is 0. The van der Waals surface area contributed by atoms with Gasteiger partial charge in [-0.2, -0.15) is 0 Å². The summed E-state index contributed by atoms with van der Waals surface area (Å²) >= 11 is 1.68. The molecule has 0 radical (unpaired) electrons. The van der Waals surface area contributed by atoms with Crippen LogP contribution in [-0.2, 0) is 4.79 Å². The van der Waals surface area contributed by atoms with Gasteiger partial charge in [-0.05, 0) is 46.7 Å². The second-order valence-electron chi connectivity index (χ2n) is 4.95. The van der Waals surface area contributed by atoms with Crippen LogP contribution in [0.2, 0.25) is 0 Å². The lowest BCUT2D eigenvalue weighted by molar-refractivity contribution is -0.122. The van der Waals surface area contributed by atoms with Crippen molar-refractivity contribution in [3.05, 3.63) is 15.6 Å². The molecule has 0 spiro atoms. The lowest BCUT2D eigenvalue weighted by atomic mass is 10.2. The molecule has 0 aromatic carbocycles. The third kappa shape index (κ3) is 3.29. The maximum atomic E-state index is 11.9. The monoisotopic (exact) mass is 267 g/mol. The first-order valence-corrected chi connectivity index (χ1v) is 7.33. The van der Waals surface area contributed by atoms with Crippen LogP contribution in [-0.4, -0.2) is 35.4 Å². The Kier molecular flexibility index (Phi) is 4.35. The summed E-state index contributed by atoms with van der Waals surface area (Å²) in [4.78, 5) is 19.8. The molecule has 1 aliphatic heterocycles. The lowest BCUT2D eigenvalue weighted by Crippen LogP contribution is -2.37. The Morgan fingerprint density at radius 3 is 2.67 bits per heavy atom. The van der Waals surface area contributed by atoms with Crippen LogP contribution in [0.15, 0.2) is 0 Å². The Balaban J connectivity index is 1.88. The number of nitrogens with one attached hydrogen (secondary N) is 1. The van der Waals surface area contributed by atoms with E-state index < -0.39 is 0 Å². The Hall–Kier alpha value is -0.940. The molecule has 1 amide bonds. The number of hydrogen-bond donors (Lipinski definition) is 1. The normalized spacial score (nSPS) is 17.9. The molecule has 1 aromatic heterocycles. The summed E-state index contributed by atoms with van der Waals surface area (Å²) in [6, 6.07) is 0.00468. The van der Waals surface area contributed by atoms with Gasteiger partial charge >= 0.3 is 0 Å². The van der Waals surface area contributed by atoms with E-state index in [-0.39, 0.29) is 11.9 Å². The zero-order valence-electron chi connectivity index (χ0n) is 11.3. The van der Waals surface area contributed by atoms with Crippen LogP contribution in [0.25, 0.3) is 0 Å². The van der Waals surface area contributed by atoms with E-state index in [1.165, 1.54) is 17.7 Å².